The first kappa shape index (κ1) is 103. The van der Waals surface area contributed by atoms with E-state index in [2.05, 4.69) is 95.6 Å². The van der Waals surface area contributed by atoms with Gasteiger partial charge in [0.05, 0.1) is 37.6 Å². The second-order valence-electron chi connectivity index (χ2n) is 31.4. The van der Waals surface area contributed by atoms with Gasteiger partial charge in [0.1, 0.15) is 66.2 Å². The number of guanidine groups is 2. The molecule has 0 bridgehead atoms. The van der Waals surface area contributed by atoms with Gasteiger partial charge in [0.25, 0.3) is 0 Å². The summed E-state index contributed by atoms with van der Waals surface area (Å²) in [6, 6.07) is 18.6. The van der Waals surface area contributed by atoms with Gasteiger partial charge in [0.2, 0.25) is 82.7 Å². The highest BCUT2D eigenvalue weighted by Gasteiger charge is 2.38. The van der Waals surface area contributed by atoms with Crippen molar-refractivity contribution < 1.29 is 82.1 Å². The minimum Gasteiger partial charge on any atom is -0.508 e. The molecule has 14 amide bonds. The lowest BCUT2D eigenvalue weighted by Gasteiger charge is -2.28. The van der Waals surface area contributed by atoms with E-state index >= 15 is 14.4 Å². The lowest BCUT2D eigenvalue weighted by Crippen LogP contribution is -2.61. The normalized spacial score (nSPS) is 13.5. The molecule has 129 heavy (non-hydrogen) atoms. The van der Waals surface area contributed by atoms with Crippen LogP contribution in [0.25, 0.3) is 10.8 Å². The average molecular weight is 1790 g/mol. The number of primary amides is 1. The largest absolute Gasteiger partial charge is 0.508 e. The number of unbranched alkanes of at least 4 members (excludes halogenated alkanes) is 3. The maximum Gasteiger partial charge on any atom is 0.305 e. The van der Waals surface area contributed by atoms with Gasteiger partial charge in [-0.05, 0) is 109 Å². The number of imidazole rings is 1. The van der Waals surface area contributed by atoms with Crippen molar-refractivity contribution in [2.45, 2.75) is 209 Å². The molecule has 1 aromatic heterocycles. The standard InChI is InChI=1S/C89H121N23O17/c1-5-7-11-32-73(115)97-39-19-18-28-62(90)77(119)107-68(45-56-34-37-61(113)38-35-56)86(128)112-76(53(3)4)87(129)106-63(29-8-6-2)78(120)101-51-74(116)103-70(47-60-49-96-52-102-60)84(126)110-69(46-57-33-36-58-26-16-17-27-59(58)42-57)82(124)104-65(31-21-41-99-89(94)95)81(123)109-67(44-55-24-14-10-15-25-55)83(125)111-71(48-75(117)118)85(127)105-64(30-20-40-98-88(92)93)80(122)108-66(79(121)100-50-72(91)114)43-54-22-12-9-13-23-54/h1,9-10,12-17,22-27,33-38,42,49,52-53,62-71,76,113H,6-8,11,18-21,28-32,39-41,43-48,50-51,90H2,2-4H3,(H2,91,114)(H,96,102)(H,97,115)(H,100,121)(H,101,120)(H,103,116)(H,104,124)(H,105,127)(H,106,129)(H,107,119)(H,108,122)(H,109,123)(H,110,126)(H,111,125)(H,112,128)(H,117,118)(H4,92,93,98)(H4,94,95,99)/t62-,63-,64-,65-,66-,67+,68-,69+,70-,71-,76-/m0/s1. The van der Waals surface area contributed by atoms with E-state index in [0.717, 1.165) is 10.8 Å². The maximum atomic E-state index is 15.4. The number of fused-ring (bicyclic) bond motifs is 1. The Morgan fingerprint density at radius 3 is 1.39 bits per heavy atom. The van der Waals surface area contributed by atoms with Crippen molar-refractivity contribution in [3.05, 3.63) is 168 Å². The summed E-state index contributed by atoms with van der Waals surface area (Å²) in [6.07, 6.45) is 8.79. The first-order valence-corrected chi connectivity index (χ1v) is 42.7. The number of carboxylic acid groups (broad SMARTS) is 1. The zero-order chi connectivity index (χ0) is 94.3. The molecule has 40 nitrogen and oxygen atoms in total. The molecule has 6 rings (SSSR count). The molecule has 40 heteroatoms. The van der Waals surface area contributed by atoms with Crippen LogP contribution in [0, 0.1) is 29.1 Å². The van der Waals surface area contributed by atoms with E-state index in [1.807, 2.05) is 25.1 Å². The number of carboxylic acids is 1. The van der Waals surface area contributed by atoms with Gasteiger partial charge in [0, 0.05) is 70.8 Å². The zero-order valence-electron chi connectivity index (χ0n) is 72.5. The molecule has 0 saturated carbocycles. The van der Waals surface area contributed by atoms with Crippen molar-refractivity contribution in [2.24, 2.45) is 28.9 Å². The van der Waals surface area contributed by atoms with E-state index in [1.54, 1.807) is 111 Å². The molecular weight excluding hydrogens is 1660 g/mol. The van der Waals surface area contributed by atoms with Crippen LogP contribution in [0.3, 0.4) is 0 Å². The molecule has 0 aliphatic carbocycles. The van der Waals surface area contributed by atoms with Crippen LogP contribution in [-0.4, -0.2) is 220 Å². The third-order valence-electron chi connectivity index (χ3n) is 20.5. The number of nitrogens with zero attached hydrogens (tertiary/aromatic N) is 1. The van der Waals surface area contributed by atoms with Crippen molar-refractivity contribution in [3.63, 3.8) is 0 Å². The van der Waals surface area contributed by atoms with Gasteiger partial charge >= 0.3 is 5.97 Å². The van der Waals surface area contributed by atoms with Crippen molar-refractivity contribution in [1.82, 2.24) is 89.7 Å². The van der Waals surface area contributed by atoms with Gasteiger partial charge in [0.15, 0.2) is 11.9 Å². The highest BCUT2D eigenvalue weighted by atomic mass is 16.4. The number of hydrogen-bond acceptors (Lipinski definition) is 20. The van der Waals surface area contributed by atoms with Gasteiger partial charge < -0.3 is 118 Å². The molecule has 5 aromatic carbocycles. The van der Waals surface area contributed by atoms with Crippen molar-refractivity contribution in [2.75, 3.05) is 32.7 Å². The first-order valence-electron chi connectivity index (χ1n) is 42.7. The molecule has 28 N–H and O–H groups in total. The highest BCUT2D eigenvalue weighted by Crippen LogP contribution is 2.20. The lowest BCUT2D eigenvalue weighted by atomic mass is 9.99. The monoisotopic (exact) mass is 1780 g/mol. The molecule has 6 aromatic rings. The molecule has 11 atom stereocenters. The van der Waals surface area contributed by atoms with Crippen molar-refractivity contribution in [1.29, 1.82) is 10.8 Å². The van der Waals surface area contributed by atoms with Crippen LogP contribution in [0.1, 0.15) is 139 Å². The number of hydrogen-bond donors (Lipinski definition) is 24. The number of aliphatic carboxylic acids is 1. The summed E-state index contributed by atoms with van der Waals surface area (Å²) in [5, 5.41) is 76.7. The zero-order valence-corrected chi connectivity index (χ0v) is 72.5. The summed E-state index contributed by atoms with van der Waals surface area (Å²) < 4.78 is 0. The van der Waals surface area contributed by atoms with E-state index in [4.69, 9.17) is 40.2 Å². The van der Waals surface area contributed by atoms with Crippen molar-refractivity contribution >= 4 is 111 Å². The molecule has 1 heterocycles. The van der Waals surface area contributed by atoms with Crippen LogP contribution in [0.2, 0.25) is 0 Å². The van der Waals surface area contributed by atoms with E-state index in [1.165, 1.54) is 24.7 Å². The molecule has 0 saturated heterocycles. The Hall–Kier alpha value is -14.5. The fraction of sp³-hybridized carbons (Fsp3) is 0.438. The quantitative estimate of drug-likeness (QED) is 0.00905. The molecule has 0 aliphatic heterocycles. The fourth-order valence-electron chi connectivity index (χ4n) is 13.6. The number of nitrogens with two attached hydrogens (primary N) is 4. The Kier molecular flexibility index (Phi) is 44.1. The van der Waals surface area contributed by atoms with Crippen LogP contribution in [-0.2, 0) is 104 Å². The Bertz CT molecular complexity index is 4810. The van der Waals surface area contributed by atoms with Crippen LogP contribution >= 0.6 is 0 Å². The topological polar surface area (TPSA) is 657 Å². The molecule has 0 spiro atoms. The summed E-state index contributed by atoms with van der Waals surface area (Å²) in [7, 11) is 0. The Labute approximate surface area is 747 Å². The number of amides is 14. The number of benzene rings is 5. The van der Waals surface area contributed by atoms with Gasteiger partial charge in [-0.1, -0.05) is 149 Å². The summed E-state index contributed by atoms with van der Waals surface area (Å²) in [5.41, 5.74) is 25.0. The van der Waals surface area contributed by atoms with Gasteiger partial charge in [-0.25, -0.2) is 4.98 Å². The number of aromatic hydroxyl groups is 1. The molecule has 0 unspecified atom stereocenters. The molecule has 694 valence electrons. The fourth-order valence-corrected chi connectivity index (χ4v) is 13.6. The van der Waals surface area contributed by atoms with Crippen LogP contribution in [0.5, 0.6) is 5.75 Å². The highest BCUT2D eigenvalue weighted by molar-refractivity contribution is 6.00. The predicted molar refractivity (Wildman–Crippen MR) is 479 cm³/mol. The number of aromatic amines is 1. The summed E-state index contributed by atoms with van der Waals surface area (Å²) in [4.78, 5) is 218. The Balaban J connectivity index is 1.24. The molecule has 0 aliphatic rings. The van der Waals surface area contributed by atoms with E-state index in [0.29, 0.717) is 67.3 Å². The number of rotatable bonds is 57. The van der Waals surface area contributed by atoms with Crippen LogP contribution < -0.4 is 103 Å². The van der Waals surface area contributed by atoms with Crippen LogP contribution in [0.4, 0.5) is 0 Å². The average Bonchev–Trinajstić information content (AvgIpc) is 1.01. The number of carbonyl (C=O) groups excluding carboxylic acids is 14. The lowest BCUT2D eigenvalue weighted by molar-refractivity contribution is -0.141. The van der Waals surface area contributed by atoms with Crippen LogP contribution in [0.15, 0.2) is 140 Å². The van der Waals surface area contributed by atoms with E-state index in [9.17, 15) is 67.7 Å². The minimum atomic E-state index is -1.99. The SMILES string of the molecule is C#CCCCC(=O)NCCCC[C@H](N)C(=O)N[C@@H](Cc1ccc(O)cc1)C(=O)N[C@H](C(=O)N[C@@H](CCCC)C(=O)NCC(=O)N[C@@H](Cc1c[nH]cn1)C(=O)N[C@H](Cc1ccc2ccccc2c1)C(=O)N[C@@H](CCCNC(=N)N)C(=O)N[C@H](Cc1ccccc1)C(=O)N[C@@H](CC(=O)O)C(=O)N[C@@H](CCCNC(=N)N)C(=O)N[C@@H](Cc1ccccc1)C(=O)NCC(N)=O)C(C)C. The first-order chi connectivity index (χ1) is 61.7. The molecule has 0 fully saturated rings. The van der Waals surface area contributed by atoms with E-state index in [-0.39, 0.29) is 107 Å². The molecular formula is C89H121N23O17. The summed E-state index contributed by atoms with van der Waals surface area (Å²) in [5.74, 6) is -12.8. The second kappa shape index (κ2) is 55.1. The smallest absolute Gasteiger partial charge is 0.305 e. The Morgan fingerprint density at radius 2 is 0.868 bits per heavy atom. The third kappa shape index (κ3) is 38.5. The number of terminal acetylenes is 1. The predicted octanol–water partition coefficient (Wildman–Crippen LogP) is -1.39. The summed E-state index contributed by atoms with van der Waals surface area (Å²) in [6.45, 7) is 4.05. The number of H-pyrrole nitrogens is 1. The minimum absolute atomic E-state index is 0.00372. The van der Waals surface area contributed by atoms with Gasteiger partial charge in [-0.2, -0.15) is 0 Å². The maximum absolute atomic E-state index is 15.4. The number of aromatic nitrogens is 2. The van der Waals surface area contributed by atoms with Gasteiger partial charge in [-0.15, -0.1) is 12.3 Å². The Morgan fingerprint density at radius 1 is 0.434 bits per heavy atom. The number of nitrogens with one attached hydrogen (secondary N) is 18. The molecule has 0 radical (unpaired) electrons. The summed E-state index contributed by atoms with van der Waals surface area (Å²) >= 11 is 0. The van der Waals surface area contributed by atoms with E-state index < -0.39 is 187 Å². The van der Waals surface area contributed by atoms with Gasteiger partial charge in [-0.3, -0.25) is 82.7 Å². The third-order valence-corrected chi connectivity index (χ3v) is 20.5. The number of phenols is 1. The second-order valence-corrected chi connectivity index (χ2v) is 31.4. The number of carbonyl (C=O) groups is 15. The number of phenolic OH excluding ortho intramolecular Hbond substituents is 1. The van der Waals surface area contributed by atoms with Crippen molar-refractivity contribution in [3.8, 4) is 18.1 Å².